The van der Waals surface area contributed by atoms with E-state index in [1.54, 1.807) is 30.3 Å². The Balaban J connectivity index is 1.91. The highest BCUT2D eigenvalue weighted by Crippen LogP contribution is 2.50. The fourth-order valence-corrected chi connectivity index (χ4v) is 4.87. The van der Waals surface area contributed by atoms with E-state index in [9.17, 15) is 23.2 Å². The minimum absolute atomic E-state index is 0.0121. The number of anilines is 1. The fourth-order valence-electron chi connectivity index (χ4n) is 4.87. The van der Waals surface area contributed by atoms with Gasteiger partial charge in [0.05, 0.1) is 23.1 Å². The van der Waals surface area contributed by atoms with Crippen molar-refractivity contribution >= 4 is 11.5 Å². The molecule has 0 radical (unpaired) electrons. The maximum atomic E-state index is 13.5. The first kappa shape index (κ1) is 25.1. The minimum Gasteiger partial charge on any atom is -0.490 e. The molecule has 0 saturated carbocycles. The van der Waals surface area contributed by atoms with Crippen molar-refractivity contribution in [2.24, 2.45) is 11.1 Å². The van der Waals surface area contributed by atoms with Gasteiger partial charge in [-0.15, -0.1) is 0 Å². The van der Waals surface area contributed by atoms with Gasteiger partial charge in [-0.25, -0.2) is 0 Å². The standard InChI is InChI=1S/C28H26F3N3O2/c1-4-12-36-20-10-8-17(9-11-20)24-21(16-32)26(33)34(19-7-5-6-18(13-19)28(29,30)31)22-14-27(2,3)15-23(35)25(22)24/h4-11,13,24H,1,12,14-15,33H2,2-3H3/t24-/m1/s1. The highest BCUT2D eigenvalue weighted by molar-refractivity contribution is 6.01. The van der Waals surface area contributed by atoms with Crippen LogP contribution in [0.15, 0.2) is 83.9 Å². The molecule has 0 unspecified atom stereocenters. The van der Waals surface area contributed by atoms with E-state index in [0.29, 0.717) is 35.6 Å². The van der Waals surface area contributed by atoms with Crippen LogP contribution in [-0.2, 0) is 11.0 Å². The number of carbonyl (C=O) groups is 1. The van der Waals surface area contributed by atoms with Gasteiger partial charge in [-0.05, 0) is 47.7 Å². The molecule has 8 heteroatoms. The van der Waals surface area contributed by atoms with Crippen LogP contribution < -0.4 is 15.4 Å². The number of hydrogen-bond acceptors (Lipinski definition) is 5. The molecular formula is C28H26F3N3O2. The molecule has 5 nitrogen and oxygen atoms in total. The van der Waals surface area contributed by atoms with E-state index in [2.05, 4.69) is 12.6 Å². The summed E-state index contributed by atoms with van der Waals surface area (Å²) in [5, 5.41) is 10.1. The molecule has 36 heavy (non-hydrogen) atoms. The summed E-state index contributed by atoms with van der Waals surface area (Å²) in [5.41, 5.74) is 7.07. The number of benzene rings is 2. The second-order valence-electron chi connectivity index (χ2n) is 9.70. The van der Waals surface area contributed by atoms with Crippen molar-refractivity contribution in [2.75, 3.05) is 11.5 Å². The Bertz CT molecular complexity index is 1310. The molecule has 1 atom stereocenters. The summed E-state index contributed by atoms with van der Waals surface area (Å²) in [7, 11) is 0. The number of ketones is 1. The molecule has 0 bridgehead atoms. The van der Waals surface area contributed by atoms with Crippen molar-refractivity contribution in [3.8, 4) is 11.8 Å². The molecule has 4 rings (SSSR count). The third-order valence-electron chi connectivity index (χ3n) is 6.39. The van der Waals surface area contributed by atoms with Crippen LogP contribution in [0, 0.1) is 16.7 Å². The predicted octanol–water partition coefficient (Wildman–Crippen LogP) is 6.21. The van der Waals surface area contributed by atoms with E-state index in [1.165, 1.54) is 17.0 Å². The molecule has 2 aromatic rings. The lowest BCUT2D eigenvalue weighted by molar-refractivity contribution is -0.137. The Morgan fingerprint density at radius 1 is 1.22 bits per heavy atom. The van der Waals surface area contributed by atoms with Crippen molar-refractivity contribution in [1.82, 2.24) is 0 Å². The predicted molar refractivity (Wildman–Crippen MR) is 131 cm³/mol. The van der Waals surface area contributed by atoms with Crippen LogP contribution in [0.5, 0.6) is 5.75 Å². The highest BCUT2D eigenvalue weighted by atomic mass is 19.4. The molecule has 0 fully saturated rings. The number of alkyl halides is 3. The molecule has 1 aliphatic heterocycles. The normalized spacial score (nSPS) is 19.6. The number of nitriles is 1. The summed E-state index contributed by atoms with van der Waals surface area (Å²) in [6.45, 7) is 7.81. The van der Waals surface area contributed by atoms with E-state index in [1.807, 2.05) is 13.8 Å². The number of allylic oxidation sites excluding steroid dienone is 3. The maximum absolute atomic E-state index is 13.5. The molecule has 2 aliphatic rings. The lowest BCUT2D eigenvalue weighted by Crippen LogP contribution is -2.42. The molecule has 2 aromatic carbocycles. The summed E-state index contributed by atoms with van der Waals surface area (Å²) in [6.07, 6.45) is -2.29. The third kappa shape index (κ3) is 4.61. The lowest BCUT2D eigenvalue weighted by atomic mass is 9.68. The summed E-state index contributed by atoms with van der Waals surface area (Å²) in [6, 6.07) is 13.9. The van der Waals surface area contributed by atoms with Crippen LogP contribution in [0.1, 0.15) is 43.7 Å². The number of Topliss-reactive ketones (excluding diaryl/α,β-unsaturated/α-hetero) is 1. The van der Waals surface area contributed by atoms with E-state index in [0.717, 1.165) is 12.1 Å². The van der Waals surface area contributed by atoms with Crippen LogP contribution in [-0.4, -0.2) is 12.4 Å². The number of halogens is 3. The van der Waals surface area contributed by atoms with Gasteiger partial charge in [-0.3, -0.25) is 9.69 Å². The van der Waals surface area contributed by atoms with Gasteiger partial charge in [-0.1, -0.05) is 44.7 Å². The lowest BCUT2D eigenvalue weighted by Gasteiger charge is -2.43. The summed E-state index contributed by atoms with van der Waals surface area (Å²) >= 11 is 0. The molecule has 186 valence electrons. The Hall–Kier alpha value is -3.99. The minimum atomic E-state index is -4.56. The van der Waals surface area contributed by atoms with Gasteiger partial charge < -0.3 is 10.5 Å². The van der Waals surface area contributed by atoms with Crippen molar-refractivity contribution in [1.29, 1.82) is 5.26 Å². The quantitative estimate of drug-likeness (QED) is 0.501. The molecule has 0 spiro atoms. The number of carbonyl (C=O) groups excluding carboxylic acids is 1. The highest BCUT2D eigenvalue weighted by Gasteiger charge is 2.45. The molecule has 0 aromatic heterocycles. The largest absolute Gasteiger partial charge is 0.490 e. The van der Waals surface area contributed by atoms with E-state index in [4.69, 9.17) is 10.5 Å². The molecule has 0 saturated heterocycles. The van der Waals surface area contributed by atoms with Crippen LogP contribution >= 0.6 is 0 Å². The van der Waals surface area contributed by atoms with Gasteiger partial charge in [0.2, 0.25) is 0 Å². The summed E-state index contributed by atoms with van der Waals surface area (Å²) < 4.78 is 46.0. The second-order valence-corrected chi connectivity index (χ2v) is 9.70. The van der Waals surface area contributed by atoms with Crippen molar-refractivity contribution in [2.45, 2.75) is 38.8 Å². The summed E-state index contributed by atoms with van der Waals surface area (Å²) in [4.78, 5) is 15.0. The van der Waals surface area contributed by atoms with Gasteiger partial charge >= 0.3 is 6.18 Å². The zero-order valence-corrected chi connectivity index (χ0v) is 20.0. The topological polar surface area (TPSA) is 79.3 Å². The van der Waals surface area contributed by atoms with Crippen LogP contribution in [0.4, 0.5) is 18.9 Å². The average Bonchev–Trinajstić information content (AvgIpc) is 2.81. The second kappa shape index (κ2) is 9.23. The molecule has 2 N–H and O–H groups in total. The van der Waals surface area contributed by atoms with Crippen LogP contribution in [0.3, 0.4) is 0 Å². The first-order chi connectivity index (χ1) is 17.0. The van der Waals surface area contributed by atoms with Crippen molar-refractivity contribution in [3.05, 3.63) is 95.0 Å². The first-order valence-electron chi connectivity index (χ1n) is 11.4. The number of hydrogen-bond donors (Lipinski definition) is 1. The molecular weight excluding hydrogens is 467 g/mol. The van der Waals surface area contributed by atoms with Gasteiger partial charge in [-0.2, -0.15) is 18.4 Å². The zero-order valence-electron chi connectivity index (χ0n) is 20.0. The first-order valence-corrected chi connectivity index (χ1v) is 11.4. The SMILES string of the molecule is C=CCOc1ccc([C@@H]2C(C#N)=C(N)N(c3cccc(C(F)(F)F)c3)C3=C2C(=O)CC(C)(C)C3)cc1. The van der Waals surface area contributed by atoms with Gasteiger partial charge in [0.25, 0.3) is 0 Å². The average molecular weight is 494 g/mol. The monoisotopic (exact) mass is 493 g/mol. The Kier molecular flexibility index (Phi) is 6.44. The Morgan fingerprint density at radius 2 is 1.92 bits per heavy atom. The number of nitrogens with zero attached hydrogens (tertiary/aromatic N) is 2. The maximum Gasteiger partial charge on any atom is 0.416 e. The number of rotatable bonds is 5. The van der Waals surface area contributed by atoms with Crippen LogP contribution in [0.2, 0.25) is 0 Å². The fraction of sp³-hybridized carbons (Fsp3) is 0.286. The van der Waals surface area contributed by atoms with Gasteiger partial charge in [0, 0.05) is 23.4 Å². The van der Waals surface area contributed by atoms with E-state index >= 15 is 0 Å². The van der Waals surface area contributed by atoms with E-state index in [-0.39, 0.29) is 29.3 Å². The van der Waals surface area contributed by atoms with Crippen molar-refractivity contribution in [3.63, 3.8) is 0 Å². The molecule has 1 heterocycles. The molecule has 0 amide bonds. The number of nitrogens with two attached hydrogens (primary N) is 1. The number of ether oxygens (including phenoxy) is 1. The van der Waals surface area contributed by atoms with Gasteiger partial charge in [0.1, 0.15) is 18.2 Å². The Labute approximate surface area is 208 Å². The zero-order chi connectivity index (χ0) is 26.3. The smallest absolute Gasteiger partial charge is 0.416 e. The Morgan fingerprint density at radius 3 is 2.53 bits per heavy atom. The van der Waals surface area contributed by atoms with E-state index < -0.39 is 23.1 Å². The molecule has 1 aliphatic carbocycles. The van der Waals surface area contributed by atoms with Crippen LogP contribution in [0.25, 0.3) is 0 Å². The summed E-state index contributed by atoms with van der Waals surface area (Å²) in [5.74, 6) is -0.279. The van der Waals surface area contributed by atoms with Gasteiger partial charge in [0.15, 0.2) is 5.78 Å². The van der Waals surface area contributed by atoms with Crippen molar-refractivity contribution < 1.29 is 22.7 Å². The third-order valence-corrected chi connectivity index (χ3v) is 6.39.